The van der Waals surface area contributed by atoms with Crippen LogP contribution in [0.15, 0.2) is 0 Å². The monoisotopic (exact) mass is 309 g/mol. The third-order valence-electron chi connectivity index (χ3n) is 4.44. The lowest BCUT2D eigenvalue weighted by Crippen LogP contribution is -2.73. The molecule has 0 saturated carbocycles. The third kappa shape index (κ3) is 2.46. The number of alkyl halides is 2. The van der Waals surface area contributed by atoms with Gasteiger partial charge in [-0.2, -0.15) is 8.78 Å². The Hall–Kier alpha value is -1.02. The maximum absolute atomic E-state index is 13.4. The number of carboxylic acid groups (broad SMARTS) is 1. The molecule has 1 aliphatic heterocycles. The van der Waals surface area contributed by atoms with E-state index in [1.807, 2.05) is 33.9 Å². The summed E-state index contributed by atoms with van der Waals surface area (Å²) < 4.78 is 28.2. The van der Waals surface area contributed by atoms with Crippen molar-refractivity contribution in [3.05, 3.63) is 0 Å². The molecule has 0 aromatic carbocycles. The molecule has 0 unspecified atom stereocenters. The molecule has 0 radical (unpaired) electrons. The summed E-state index contributed by atoms with van der Waals surface area (Å²) in [6.45, 7) is 9.42. The summed E-state index contributed by atoms with van der Waals surface area (Å²) in [6.07, 6.45) is -2.62. The molecule has 1 rings (SSSR count). The minimum Gasteiger partial charge on any atom is -0.477 e. The van der Waals surface area contributed by atoms with Crippen molar-refractivity contribution in [2.45, 2.75) is 63.4 Å². The zero-order valence-corrected chi connectivity index (χ0v) is 13.3. The van der Waals surface area contributed by atoms with E-state index in [0.717, 1.165) is 0 Å². The Balaban J connectivity index is 3.06. The summed E-state index contributed by atoms with van der Waals surface area (Å²) in [7, 11) is -2.43. The number of hydrogen-bond donors (Lipinski definition) is 2. The fourth-order valence-electron chi connectivity index (χ4n) is 2.15. The van der Waals surface area contributed by atoms with Crippen molar-refractivity contribution in [1.82, 2.24) is 4.57 Å². The van der Waals surface area contributed by atoms with E-state index in [-0.39, 0.29) is 17.4 Å². The highest BCUT2D eigenvalue weighted by atomic mass is 28.3. The van der Waals surface area contributed by atoms with Gasteiger partial charge in [-0.3, -0.25) is 4.79 Å². The van der Waals surface area contributed by atoms with Crippen molar-refractivity contribution < 1.29 is 28.6 Å². The first-order valence-electron chi connectivity index (χ1n) is 6.36. The fourth-order valence-corrected chi connectivity index (χ4v) is 4.65. The van der Waals surface area contributed by atoms with E-state index in [0.29, 0.717) is 0 Å². The van der Waals surface area contributed by atoms with Gasteiger partial charge >= 0.3 is 11.9 Å². The van der Waals surface area contributed by atoms with Gasteiger partial charge < -0.3 is 14.8 Å². The average Bonchev–Trinajstić information content (AvgIpc) is 2.21. The summed E-state index contributed by atoms with van der Waals surface area (Å²) in [6, 6.07) is -1.13. The second-order valence-corrected chi connectivity index (χ2v) is 11.8. The van der Waals surface area contributed by atoms with Crippen LogP contribution in [0.1, 0.15) is 27.2 Å². The lowest BCUT2D eigenvalue weighted by Gasteiger charge is -2.56. The molecule has 0 bridgehead atoms. The maximum atomic E-state index is 13.4. The molecule has 0 aromatic heterocycles. The molecule has 0 spiro atoms. The molecular formula is C12H21F2NO4Si. The SMILES string of the molecule is CC(C)(C)[Si](C)(C)N1C(=O)C[C@@H]1[C@@H](O)C(F)(F)C(=O)O. The largest absolute Gasteiger partial charge is 0.477 e. The minimum atomic E-state index is -4.26. The Kier molecular flexibility index (Phi) is 4.06. The predicted molar refractivity (Wildman–Crippen MR) is 71.0 cm³/mol. The average molecular weight is 309 g/mol. The van der Waals surface area contributed by atoms with Crippen molar-refractivity contribution in [3.63, 3.8) is 0 Å². The summed E-state index contributed by atoms with van der Waals surface area (Å²) in [5.41, 5.74) is 0. The molecule has 0 aliphatic carbocycles. The summed E-state index contributed by atoms with van der Waals surface area (Å²) in [5.74, 6) is -6.94. The first kappa shape index (κ1) is 17.0. The number of rotatable bonds is 4. The predicted octanol–water partition coefficient (Wildman–Crippen LogP) is 1.67. The first-order valence-corrected chi connectivity index (χ1v) is 9.30. The second kappa shape index (κ2) is 4.76. The molecule has 1 amide bonds. The highest BCUT2D eigenvalue weighted by Crippen LogP contribution is 2.44. The van der Waals surface area contributed by atoms with E-state index in [9.17, 15) is 23.5 Å². The zero-order chi connectivity index (χ0) is 16.1. The van der Waals surface area contributed by atoms with Gasteiger partial charge in [0, 0.05) is 6.42 Å². The fraction of sp³-hybridized carbons (Fsp3) is 0.833. The van der Waals surface area contributed by atoms with E-state index < -0.39 is 32.3 Å². The van der Waals surface area contributed by atoms with E-state index in [1.165, 1.54) is 4.57 Å². The number of carbonyl (C=O) groups excluding carboxylic acids is 1. The summed E-state index contributed by atoms with van der Waals surface area (Å²) in [4.78, 5) is 22.3. The number of hydrogen-bond acceptors (Lipinski definition) is 3. The standard InChI is InChI=1S/C12H21F2NO4Si/c1-11(2,3)20(4,5)15-7(6-8(15)16)9(17)12(13,14)10(18)19/h7,9,17H,6H2,1-5H3,(H,18,19)/t7-,9-/m1/s1. The van der Waals surface area contributed by atoms with Gasteiger partial charge in [-0.15, -0.1) is 0 Å². The van der Waals surface area contributed by atoms with Crippen LogP contribution in [0.25, 0.3) is 0 Å². The van der Waals surface area contributed by atoms with Crippen molar-refractivity contribution in [1.29, 1.82) is 0 Å². The maximum Gasteiger partial charge on any atom is 0.377 e. The molecule has 0 aromatic rings. The Morgan fingerprint density at radius 2 is 1.85 bits per heavy atom. The van der Waals surface area contributed by atoms with Crippen molar-refractivity contribution in [2.24, 2.45) is 0 Å². The molecule has 2 atom stereocenters. The van der Waals surface area contributed by atoms with Gasteiger partial charge in [0.2, 0.25) is 5.91 Å². The molecule has 1 heterocycles. The molecule has 1 saturated heterocycles. The van der Waals surface area contributed by atoms with Crippen LogP contribution < -0.4 is 0 Å². The lowest BCUT2D eigenvalue weighted by atomic mass is 9.95. The van der Waals surface area contributed by atoms with Crippen LogP contribution in [0.5, 0.6) is 0 Å². The van der Waals surface area contributed by atoms with Crippen LogP contribution in [-0.2, 0) is 9.59 Å². The quantitative estimate of drug-likeness (QED) is 0.612. The van der Waals surface area contributed by atoms with E-state index >= 15 is 0 Å². The Bertz CT molecular complexity index is 434. The Morgan fingerprint density at radius 3 is 2.15 bits per heavy atom. The second-order valence-electron chi connectivity index (χ2n) is 6.72. The Labute approximate surface area is 117 Å². The number of aliphatic hydroxyl groups excluding tert-OH is 1. The normalized spacial score (nSPS) is 22.5. The van der Waals surface area contributed by atoms with Crippen LogP contribution in [-0.4, -0.2) is 53.0 Å². The number of nitrogens with zero attached hydrogens (tertiary/aromatic N) is 1. The molecule has 8 heteroatoms. The van der Waals surface area contributed by atoms with Gasteiger partial charge in [0.25, 0.3) is 0 Å². The van der Waals surface area contributed by atoms with Gasteiger partial charge in [0.05, 0.1) is 6.04 Å². The topological polar surface area (TPSA) is 77.8 Å². The minimum absolute atomic E-state index is 0.240. The van der Waals surface area contributed by atoms with Gasteiger partial charge in [0.15, 0.2) is 8.24 Å². The molecule has 2 N–H and O–H groups in total. The molecule has 5 nitrogen and oxygen atoms in total. The number of aliphatic hydroxyl groups is 1. The molecule has 20 heavy (non-hydrogen) atoms. The number of β-lactam (4-membered cyclic amide) rings is 1. The van der Waals surface area contributed by atoms with E-state index in [1.54, 1.807) is 0 Å². The van der Waals surface area contributed by atoms with Gasteiger partial charge in [0.1, 0.15) is 6.10 Å². The first-order chi connectivity index (χ1) is 8.74. The number of carboxylic acids is 1. The smallest absolute Gasteiger partial charge is 0.377 e. The van der Waals surface area contributed by atoms with Crippen LogP contribution in [0.4, 0.5) is 8.78 Å². The lowest BCUT2D eigenvalue weighted by molar-refractivity contribution is -0.194. The van der Waals surface area contributed by atoms with Crippen LogP contribution >= 0.6 is 0 Å². The number of aliphatic carboxylic acids is 1. The number of amides is 1. The molecule has 116 valence electrons. The zero-order valence-electron chi connectivity index (χ0n) is 12.3. The number of carbonyl (C=O) groups is 2. The van der Waals surface area contributed by atoms with E-state index in [2.05, 4.69) is 0 Å². The highest BCUT2D eigenvalue weighted by Gasteiger charge is 2.60. The van der Waals surface area contributed by atoms with Crippen LogP contribution in [0.3, 0.4) is 0 Å². The summed E-state index contributed by atoms with van der Waals surface area (Å²) in [5, 5.41) is 17.9. The van der Waals surface area contributed by atoms with Gasteiger partial charge in [-0.25, -0.2) is 4.79 Å². The van der Waals surface area contributed by atoms with Crippen molar-refractivity contribution in [3.8, 4) is 0 Å². The van der Waals surface area contributed by atoms with E-state index in [4.69, 9.17) is 5.11 Å². The Morgan fingerprint density at radius 1 is 1.40 bits per heavy atom. The molecule has 1 fully saturated rings. The van der Waals surface area contributed by atoms with Gasteiger partial charge in [-0.1, -0.05) is 33.9 Å². The third-order valence-corrected chi connectivity index (χ3v) is 9.90. The molecular weight excluding hydrogens is 288 g/mol. The van der Waals surface area contributed by atoms with Crippen LogP contribution in [0.2, 0.25) is 18.1 Å². The highest BCUT2D eigenvalue weighted by molar-refractivity contribution is 6.80. The van der Waals surface area contributed by atoms with Crippen molar-refractivity contribution in [2.75, 3.05) is 0 Å². The van der Waals surface area contributed by atoms with Crippen LogP contribution in [0, 0.1) is 0 Å². The number of halogens is 2. The molecule has 1 aliphatic rings. The summed E-state index contributed by atoms with van der Waals surface area (Å²) >= 11 is 0. The van der Waals surface area contributed by atoms with Crippen molar-refractivity contribution >= 4 is 20.1 Å². The van der Waals surface area contributed by atoms with Gasteiger partial charge in [-0.05, 0) is 5.04 Å².